The second-order valence-corrected chi connectivity index (χ2v) is 11.4. The third kappa shape index (κ3) is 4.63. The van der Waals surface area contributed by atoms with E-state index >= 15 is 0 Å². The zero-order valence-corrected chi connectivity index (χ0v) is 21.6. The maximum Gasteiger partial charge on any atom is 0.243 e. The van der Waals surface area contributed by atoms with E-state index in [2.05, 4.69) is 36.6 Å². The quantitative estimate of drug-likeness (QED) is 0.287. The Morgan fingerprint density at radius 2 is 1.61 bits per heavy atom. The lowest BCUT2D eigenvalue weighted by molar-refractivity contribution is 0.441. The number of aryl methyl sites for hydroxylation is 1. The van der Waals surface area contributed by atoms with Gasteiger partial charge < -0.3 is 4.57 Å². The van der Waals surface area contributed by atoms with Crippen LogP contribution in [0.4, 0.5) is 4.39 Å². The molecule has 0 unspecified atom stereocenters. The molecule has 1 aromatic heterocycles. The summed E-state index contributed by atoms with van der Waals surface area (Å²) in [6.07, 6.45) is 4.69. The molecule has 4 aromatic rings. The largest absolute Gasteiger partial charge is 0.340 e. The molecular formula is C30H31FN2O2S. The first kappa shape index (κ1) is 24.5. The molecule has 0 saturated heterocycles. The summed E-state index contributed by atoms with van der Waals surface area (Å²) in [6.45, 7) is 5.67. The SMILES string of the molecule is CCCc1ccc(S(=O)(=O)N2CC=C(c3c(C)n(Cc4ccc(F)cc4)c4ccccc34)CC2)cc1. The molecule has 186 valence electrons. The van der Waals surface area contributed by atoms with Gasteiger partial charge in [0, 0.05) is 41.8 Å². The Morgan fingerprint density at radius 1 is 0.917 bits per heavy atom. The van der Waals surface area contributed by atoms with E-state index in [9.17, 15) is 12.8 Å². The van der Waals surface area contributed by atoms with Crippen molar-refractivity contribution in [1.82, 2.24) is 8.87 Å². The van der Waals surface area contributed by atoms with Crippen LogP contribution in [-0.2, 0) is 23.0 Å². The summed E-state index contributed by atoms with van der Waals surface area (Å²) in [5.74, 6) is -0.239. The number of benzene rings is 3. The normalized spacial score (nSPS) is 14.8. The summed E-state index contributed by atoms with van der Waals surface area (Å²) in [5, 5.41) is 1.16. The van der Waals surface area contributed by atoms with Gasteiger partial charge in [0.1, 0.15) is 5.82 Å². The van der Waals surface area contributed by atoms with Gasteiger partial charge in [-0.2, -0.15) is 4.31 Å². The summed E-state index contributed by atoms with van der Waals surface area (Å²) >= 11 is 0. The van der Waals surface area contributed by atoms with Crippen molar-refractivity contribution in [2.24, 2.45) is 0 Å². The Hall–Kier alpha value is -3.22. The van der Waals surface area contributed by atoms with Gasteiger partial charge in [-0.15, -0.1) is 0 Å². The number of hydrogen-bond donors (Lipinski definition) is 0. The van der Waals surface area contributed by atoms with E-state index < -0.39 is 10.0 Å². The Balaban J connectivity index is 1.44. The van der Waals surface area contributed by atoms with E-state index in [4.69, 9.17) is 0 Å². The van der Waals surface area contributed by atoms with Gasteiger partial charge in [-0.25, -0.2) is 12.8 Å². The van der Waals surface area contributed by atoms with Crippen LogP contribution < -0.4 is 0 Å². The first-order chi connectivity index (χ1) is 17.4. The molecule has 0 fully saturated rings. The molecule has 0 saturated carbocycles. The van der Waals surface area contributed by atoms with Crippen LogP contribution >= 0.6 is 0 Å². The first-order valence-electron chi connectivity index (χ1n) is 12.5. The van der Waals surface area contributed by atoms with Crippen molar-refractivity contribution in [3.8, 4) is 0 Å². The zero-order chi connectivity index (χ0) is 25.3. The lowest BCUT2D eigenvalue weighted by Gasteiger charge is -2.26. The fraction of sp³-hybridized carbons (Fsp3) is 0.267. The van der Waals surface area contributed by atoms with E-state index in [1.54, 1.807) is 16.4 Å². The summed E-state index contributed by atoms with van der Waals surface area (Å²) in [6, 6.07) is 22.2. The fourth-order valence-electron chi connectivity index (χ4n) is 5.17. The first-order valence-corrected chi connectivity index (χ1v) is 13.9. The van der Waals surface area contributed by atoms with Gasteiger partial charge in [0.2, 0.25) is 10.0 Å². The van der Waals surface area contributed by atoms with Crippen molar-refractivity contribution >= 4 is 26.5 Å². The molecule has 1 aliphatic rings. The van der Waals surface area contributed by atoms with Crippen molar-refractivity contribution in [2.45, 2.75) is 44.6 Å². The van der Waals surface area contributed by atoms with Crippen LogP contribution in [0.25, 0.3) is 16.5 Å². The predicted octanol–water partition coefficient (Wildman–Crippen LogP) is 6.57. The molecule has 3 aromatic carbocycles. The summed E-state index contributed by atoms with van der Waals surface area (Å²) in [4.78, 5) is 0.353. The van der Waals surface area contributed by atoms with E-state index in [1.807, 2.05) is 36.4 Å². The van der Waals surface area contributed by atoms with Crippen LogP contribution in [0.1, 0.15) is 42.1 Å². The third-order valence-electron chi connectivity index (χ3n) is 7.08. The number of aromatic nitrogens is 1. The van der Waals surface area contributed by atoms with Gasteiger partial charge in [-0.05, 0) is 66.8 Å². The van der Waals surface area contributed by atoms with Crippen molar-refractivity contribution in [3.05, 3.63) is 107 Å². The average molecular weight is 503 g/mol. The van der Waals surface area contributed by atoms with Gasteiger partial charge in [-0.3, -0.25) is 0 Å². The van der Waals surface area contributed by atoms with Crippen LogP contribution in [0.3, 0.4) is 0 Å². The van der Waals surface area contributed by atoms with Crippen LogP contribution in [0.2, 0.25) is 0 Å². The molecule has 0 atom stereocenters. The van der Waals surface area contributed by atoms with Crippen molar-refractivity contribution in [3.63, 3.8) is 0 Å². The molecule has 0 amide bonds. The van der Waals surface area contributed by atoms with Crippen LogP contribution in [0.5, 0.6) is 0 Å². The third-order valence-corrected chi connectivity index (χ3v) is 8.96. The highest BCUT2D eigenvalue weighted by molar-refractivity contribution is 7.89. The molecule has 2 heterocycles. The zero-order valence-electron chi connectivity index (χ0n) is 20.7. The van der Waals surface area contributed by atoms with Gasteiger partial charge >= 0.3 is 0 Å². The predicted molar refractivity (Wildman–Crippen MR) is 144 cm³/mol. The number of nitrogens with zero attached hydrogens (tertiary/aromatic N) is 2. The highest BCUT2D eigenvalue weighted by atomic mass is 32.2. The number of rotatable bonds is 7. The lowest BCUT2D eigenvalue weighted by atomic mass is 9.97. The molecule has 0 radical (unpaired) electrons. The molecule has 0 aliphatic carbocycles. The van der Waals surface area contributed by atoms with Crippen molar-refractivity contribution < 1.29 is 12.8 Å². The Morgan fingerprint density at radius 3 is 2.28 bits per heavy atom. The summed E-state index contributed by atoms with van der Waals surface area (Å²) in [5.41, 5.74) is 6.79. The second kappa shape index (κ2) is 10.0. The Labute approximate surface area is 212 Å². The van der Waals surface area contributed by atoms with Gasteiger partial charge in [0.05, 0.1) is 4.90 Å². The molecule has 0 spiro atoms. The smallest absolute Gasteiger partial charge is 0.243 e. The van der Waals surface area contributed by atoms with Crippen molar-refractivity contribution in [2.75, 3.05) is 13.1 Å². The standard InChI is InChI=1S/C30H31FN2O2S/c1-3-6-23-11-15-27(16-12-23)36(34,35)32-19-17-25(18-20-32)30-22(2)33(29-8-5-4-7-28(29)30)21-24-9-13-26(31)14-10-24/h4-5,7-17H,3,6,18-21H2,1-2H3. The molecule has 5 rings (SSSR count). The highest BCUT2D eigenvalue weighted by Gasteiger charge is 2.28. The Bertz CT molecular complexity index is 1520. The molecular weight excluding hydrogens is 471 g/mol. The van der Waals surface area contributed by atoms with Crippen LogP contribution in [0, 0.1) is 12.7 Å². The number of hydrogen-bond acceptors (Lipinski definition) is 2. The highest BCUT2D eigenvalue weighted by Crippen LogP contribution is 2.35. The molecule has 1 aliphatic heterocycles. The second-order valence-electron chi connectivity index (χ2n) is 9.43. The minimum atomic E-state index is -3.54. The molecule has 4 nitrogen and oxygen atoms in total. The van der Waals surface area contributed by atoms with E-state index in [-0.39, 0.29) is 5.82 Å². The number of para-hydroxylation sites is 1. The van der Waals surface area contributed by atoms with Crippen LogP contribution in [0.15, 0.2) is 83.8 Å². The molecule has 0 N–H and O–H groups in total. The van der Waals surface area contributed by atoms with E-state index in [0.29, 0.717) is 31.0 Å². The summed E-state index contributed by atoms with van der Waals surface area (Å²) in [7, 11) is -3.54. The maximum absolute atomic E-state index is 13.4. The van der Waals surface area contributed by atoms with Gasteiger partial charge in [-0.1, -0.05) is 61.9 Å². The van der Waals surface area contributed by atoms with Crippen LogP contribution in [-0.4, -0.2) is 30.4 Å². The molecule has 0 bridgehead atoms. The lowest BCUT2D eigenvalue weighted by Crippen LogP contribution is -2.34. The molecule has 6 heteroatoms. The average Bonchev–Trinajstić information content (AvgIpc) is 3.17. The summed E-state index contributed by atoms with van der Waals surface area (Å²) < 4.78 is 43.8. The molecule has 36 heavy (non-hydrogen) atoms. The van der Waals surface area contributed by atoms with Gasteiger partial charge in [0.25, 0.3) is 0 Å². The maximum atomic E-state index is 13.4. The fourth-order valence-corrected chi connectivity index (χ4v) is 6.55. The number of halogens is 1. The minimum Gasteiger partial charge on any atom is -0.340 e. The number of sulfonamides is 1. The topological polar surface area (TPSA) is 42.3 Å². The Kier molecular flexibility index (Phi) is 6.82. The van der Waals surface area contributed by atoms with Gasteiger partial charge in [0.15, 0.2) is 0 Å². The number of fused-ring (bicyclic) bond motifs is 1. The van der Waals surface area contributed by atoms with E-state index in [0.717, 1.165) is 40.6 Å². The minimum absolute atomic E-state index is 0.239. The van der Waals surface area contributed by atoms with E-state index in [1.165, 1.54) is 23.3 Å². The van der Waals surface area contributed by atoms with Crippen molar-refractivity contribution in [1.29, 1.82) is 0 Å². The monoisotopic (exact) mass is 502 g/mol.